The van der Waals surface area contributed by atoms with Crippen LogP contribution in [0, 0.1) is 0 Å². The smallest absolute Gasteiger partial charge is 0.350 e. The molecule has 0 saturated carbocycles. The van der Waals surface area contributed by atoms with E-state index in [1.165, 1.54) is 22.8 Å². The average Bonchev–Trinajstić information content (AvgIpc) is 3.29. The van der Waals surface area contributed by atoms with Crippen molar-refractivity contribution in [2.24, 2.45) is 0 Å². The van der Waals surface area contributed by atoms with Gasteiger partial charge in [0.2, 0.25) is 15.9 Å². The Labute approximate surface area is 162 Å². The number of thiophene rings is 1. The van der Waals surface area contributed by atoms with E-state index in [0.29, 0.717) is 25.1 Å². The second kappa shape index (κ2) is 7.79. The second-order valence-corrected chi connectivity index (χ2v) is 9.22. The number of anilines is 1. The van der Waals surface area contributed by atoms with Crippen molar-refractivity contribution in [2.45, 2.75) is 18.9 Å². The summed E-state index contributed by atoms with van der Waals surface area (Å²) < 4.78 is 29.8. The summed E-state index contributed by atoms with van der Waals surface area (Å²) in [6.07, 6.45) is 2.16. The molecule has 0 spiro atoms. The quantitative estimate of drug-likeness (QED) is 0.768. The van der Waals surface area contributed by atoms with Gasteiger partial charge >= 0.3 is 5.97 Å². The van der Waals surface area contributed by atoms with Gasteiger partial charge in [0.25, 0.3) is 0 Å². The fourth-order valence-corrected chi connectivity index (χ4v) is 5.25. The largest absolute Gasteiger partial charge is 0.465 e. The second-order valence-electron chi connectivity index (χ2n) is 6.23. The molecular weight excluding hydrogens is 388 g/mol. The first-order valence-corrected chi connectivity index (χ1v) is 11.0. The first kappa shape index (κ1) is 19.5. The number of hydrogen-bond acceptors (Lipinski definition) is 6. The highest BCUT2D eigenvalue weighted by Crippen LogP contribution is 2.35. The molecule has 1 N–H and O–H groups in total. The summed E-state index contributed by atoms with van der Waals surface area (Å²) in [5, 5.41) is 2.72. The van der Waals surface area contributed by atoms with Crippen LogP contribution in [0.25, 0.3) is 10.4 Å². The molecule has 27 heavy (non-hydrogen) atoms. The lowest BCUT2D eigenvalue weighted by atomic mass is 10.2. The number of carbonyl (C=O) groups excluding carboxylic acids is 2. The molecule has 1 aliphatic heterocycles. The lowest BCUT2D eigenvalue weighted by Gasteiger charge is -2.21. The minimum atomic E-state index is -3.47. The van der Waals surface area contributed by atoms with Gasteiger partial charge < -0.3 is 10.1 Å². The van der Waals surface area contributed by atoms with Gasteiger partial charge in [-0.3, -0.25) is 4.79 Å². The third kappa shape index (κ3) is 4.20. The molecule has 0 unspecified atom stereocenters. The Kier molecular flexibility index (Phi) is 5.64. The van der Waals surface area contributed by atoms with Gasteiger partial charge in [-0.2, -0.15) is 4.31 Å². The van der Waals surface area contributed by atoms with E-state index in [1.54, 1.807) is 6.07 Å². The average molecular weight is 409 g/mol. The maximum atomic E-state index is 12.7. The molecule has 0 radical (unpaired) electrons. The van der Waals surface area contributed by atoms with E-state index in [-0.39, 0.29) is 4.88 Å². The monoisotopic (exact) mass is 408 g/mol. The topological polar surface area (TPSA) is 92.8 Å². The van der Waals surface area contributed by atoms with Crippen LogP contribution in [0.2, 0.25) is 0 Å². The molecule has 1 saturated heterocycles. The normalized spacial score (nSPS) is 17.6. The lowest BCUT2D eigenvalue weighted by Crippen LogP contribution is -2.42. The molecule has 2 heterocycles. The number of methoxy groups -OCH3 is 1. The number of rotatable bonds is 5. The molecule has 0 bridgehead atoms. The molecule has 1 fully saturated rings. The summed E-state index contributed by atoms with van der Waals surface area (Å²) in [6, 6.07) is 10.4. The van der Waals surface area contributed by atoms with E-state index in [4.69, 9.17) is 4.74 Å². The SMILES string of the molecule is COC(=O)c1sc(-c2ccccc2)cc1NC(=O)[C@H]1CCCN1S(C)(=O)=O. The fourth-order valence-electron chi connectivity index (χ4n) is 3.09. The van der Waals surface area contributed by atoms with Crippen molar-refractivity contribution in [3.05, 3.63) is 41.3 Å². The van der Waals surface area contributed by atoms with E-state index in [0.717, 1.165) is 16.7 Å². The number of benzene rings is 1. The summed E-state index contributed by atoms with van der Waals surface area (Å²) in [4.78, 5) is 25.9. The van der Waals surface area contributed by atoms with Crippen LogP contribution in [-0.2, 0) is 19.6 Å². The molecule has 2 aromatic rings. The molecule has 0 aliphatic carbocycles. The number of nitrogens with one attached hydrogen (secondary N) is 1. The van der Waals surface area contributed by atoms with Crippen LogP contribution in [0.4, 0.5) is 5.69 Å². The zero-order valence-electron chi connectivity index (χ0n) is 15.0. The highest BCUT2D eigenvalue weighted by Gasteiger charge is 2.37. The molecule has 1 amide bonds. The summed E-state index contributed by atoms with van der Waals surface area (Å²) in [6.45, 7) is 0.319. The Balaban J connectivity index is 1.90. The zero-order valence-corrected chi connectivity index (χ0v) is 16.6. The van der Waals surface area contributed by atoms with Gasteiger partial charge in [-0.15, -0.1) is 11.3 Å². The van der Waals surface area contributed by atoms with E-state index < -0.39 is 27.9 Å². The van der Waals surface area contributed by atoms with Gasteiger partial charge in [0.1, 0.15) is 10.9 Å². The Hall–Kier alpha value is -2.23. The fraction of sp³-hybridized carbons (Fsp3) is 0.333. The molecule has 1 aromatic heterocycles. The van der Waals surface area contributed by atoms with Gasteiger partial charge in [-0.1, -0.05) is 30.3 Å². The molecule has 9 heteroatoms. The molecule has 1 atom stereocenters. The summed E-state index contributed by atoms with van der Waals surface area (Å²) in [5.74, 6) is -0.996. The first-order valence-electron chi connectivity index (χ1n) is 8.36. The predicted molar refractivity (Wildman–Crippen MR) is 104 cm³/mol. The maximum Gasteiger partial charge on any atom is 0.350 e. The predicted octanol–water partition coefficient (Wildman–Crippen LogP) is 2.56. The van der Waals surface area contributed by atoms with Gasteiger partial charge in [-0.25, -0.2) is 13.2 Å². The van der Waals surface area contributed by atoms with Gasteiger partial charge in [0.15, 0.2) is 0 Å². The van der Waals surface area contributed by atoms with E-state index in [9.17, 15) is 18.0 Å². The standard InChI is InChI=1S/C18H20N2O5S2/c1-25-18(22)16-13(11-15(26-16)12-7-4-3-5-8-12)19-17(21)14-9-6-10-20(14)27(2,23)24/h3-5,7-8,11,14H,6,9-10H2,1-2H3,(H,19,21)/t14-/m1/s1. The number of nitrogens with zero attached hydrogens (tertiary/aromatic N) is 1. The number of amides is 1. The molecule has 7 nitrogen and oxygen atoms in total. The van der Waals surface area contributed by atoms with Crippen molar-refractivity contribution in [2.75, 3.05) is 25.2 Å². The number of carbonyl (C=O) groups is 2. The van der Waals surface area contributed by atoms with Crippen molar-refractivity contribution in [1.82, 2.24) is 4.31 Å². The van der Waals surface area contributed by atoms with E-state index in [1.807, 2.05) is 30.3 Å². The van der Waals surface area contributed by atoms with Gasteiger partial charge in [-0.05, 0) is 24.5 Å². The third-order valence-corrected chi connectivity index (χ3v) is 6.80. The zero-order chi connectivity index (χ0) is 19.6. The van der Waals surface area contributed by atoms with Crippen molar-refractivity contribution in [1.29, 1.82) is 0 Å². The van der Waals surface area contributed by atoms with Gasteiger partial charge in [0, 0.05) is 11.4 Å². The minimum Gasteiger partial charge on any atom is -0.465 e. The first-order chi connectivity index (χ1) is 12.8. The number of hydrogen-bond donors (Lipinski definition) is 1. The summed E-state index contributed by atoms with van der Waals surface area (Å²) in [5.41, 5.74) is 1.24. The summed E-state index contributed by atoms with van der Waals surface area (Å²) in [7, 11) is -2.20. The number of esters is 1. The maximum absolute atomic E-state index is 12.7. The minimum absolute atomic E-state index is 0.272. The van der Waals surface area contributed by atoms with Crippen molar-refractivity contribution >= 4 is 38.9 Å². The Bertz CT molecular complexity index is 953. The molecule has 3 rings (SSSR count). The van der Waals surface area contributed by atoms with Crippen LogP contribution >= 0.6 is 11.3 Å². The van der Waals surface area contributed by atoms with Crippen molar-refractivity contribution < 1.29 is 22.7 Å². The Morgan fingerprint density at radius 3 is 2.59 bits per heavy atom. The van der Waals surface area contributed by atoms with Crippen molar-refractivity contribution in [3.8, 4) is 10.4 Å². The van der Waals surface area contributed by atoms with Crippen LogP contribution in [0.3, 0.4) is 0 Å². The van der Waals surface area contributed by atoms with Crippen LogP contribution in [0.15, 0.2) is 36.4 Å². The van der Waals surface area contributed by atoms with Crippen LogP contribution < -0.4 is 5.32 Å². The van der Waals surface area contributed by atoms with E-state index in [2.05, 4.69) is 5.32 Å². The highest BCUT2D eigenvalue weighted by atomic mass is 32.2. The molecule has 144 valence electrons. The summed E-state index contributed by atoms with van der Waals surface area (Å²) >= 11 is 1.22. The van der Waals surface area contributed by atoms with Crippen molar-refractivity contribution in [3.63, 3.8) is 0 Å². The number of ether oxygens (including phenoxy) is 1. The molecule has 1 aliphatic rings. The Morgan fingerprint density at radius 2 is 1.96 bits per heavy atom. The van der Waals surface area contributed by atoms with Gasteiger partial charge in [0.05, 0.1) is 19.1 Å². The molecule has 1 aromatic carbocycles. The highest BCUT2D eigenvalue weighted by molar-refractivity contribution is 7.88. The Morgan fingerprint density at radius 1 is 1.26 bits per heavy atom. The lowest BCUT2D eigenvalue weighted by molar-refractivity contribution is -0.119. The van der Waals surface area contributed by atoms with Crippen LogP contribution in [-0.4, -0.2) is 50.6 Å². The van der Waals surface area contributed by atoms with Crippen LogP contribution in [0.1, 0.15) is 22.5 Å². The van der Waals surface area contributed by atoms with Crippen LogP contribution in [0.5, 0.6) is 0 Å². The molecular formula is C18H20N2O5S2. The number of sulfonamides is 1. The third-order valence-electron chi connectivity index (χ3n) is 4.35. The van der Waals surface area contributed by atoms with E-state index >= 15 is 0 Å².